The molecule has 5 heterocycles. The number of methoxy groups -OCH3 is 5. The number of thiophene rings is 4. The van der Waals surface area contributed by atoms with Gasteiger partial charge in [-0.2, -0.15) is 5.26 Å². The molecular formula is C86H77Br6N7O18S4. The Morgan fingerprint density at radius 2 is 0.851 bits per heavy atom. The number of amides is 3. The molecule has 0 radical (unpaired) electrons. The minimum absolute atomic E-state index is 0.0669. The molecule has 25 nitrogen and oxygen atoms in total. The van der Waals surface area contributed by atoms with Gasteiger partial charge in [0.2, 0.25) is 17.7 Å². The van der Waals surface area contributed by atoms with Crippen LogP contribution in [0.5, 0.6) is 0 Å². The van der Waals surface area contributed by atoms with Gasteiger partial charge in [-0.05, 0) is 129 Å². The number of nitriles is 1. The number of hydrogen-bond acceptors (Lipinski definition) is 26. The average molecular weight is 2100 g/mol. The first kappa shape index (κ1) is 94.1. The van der Waals surface area contributed by atoms with Crippen molar-refractivity contribution < 1.29 is 86.0 Å². The van der Waals surface area contributed by atoms with Crippen LogP contribution in [0.15, 0.2) is 149 Å². The molecule has 4 aromatic heterocycles. The first-order valence-corrected chi connectivity index (χ1v) is 45.6. The fraction of sp³-hybridized carbons (Fsp3) is 0.291. The Balaban J connectivity index is 0.000000156. The fourth-order valence-electron chi connectivity index (χ4n) is 14.3. The maximum Gasteiger partial charge on any atom is 0.309 e. The number of ether oxygens (including phenoxy) is 5. The van der Waals surface area contributed by atoms with Crippen LogP contribution in [-0.4, -0.2) is 136 Å². The third-order valence-electron chi connectivity index (χ3n) is 20.1. The van der Waals surface area contributed by atoms with E-state index in [1.165, 1.54) is 69.6 Å². The second kappa shape index (κ2) is 43.7. The van der Waals surface area contributed by atoms with E-state index in [2.05, 4.69) is 121 Å². The summed E-state index contributed by atoms with van der Waals surface area (Å²) >= 11 is 25.8. The van der Waals surface area contributed by atoms with Crippen molar-refractivity contribution >= 4 is 243 Å². The summed E-state index contributed by atoms with van der Waals surface area (Å²) in [5.74, 6) is -3.50. The molecular weight excluding hydrogens is 2030 g/mol. The van der Waals surface area contributed by atoms with Crippen LogP contribution in [0, 0.1) is 40.9 Å². The lowest BCUT2D eigenvalue weighted by atomic mass is 9.98. The van der Waals surface area contributed by atoms with Gasteiger partial charge in [-0.1, -0.05) is 168 Å². The maximum absolute atomic E-state index is 13.2. The summed E-state index contributed by atoms with van der Waals surface area (Å²) in [5, 5.41) is 19.3. The number of nitrogen functional groups attached to an aromatic ring is 1. The number of aliphatic imine (C=N–C) groups is 1. The van der Waals surface area contributed by atoms with Crippen LogP contribution in [0.4, 0.5) is 20.0 Å². The van der Waals surface area contributed by atoms with Crippen LogP contribution in [0.1, 0.15) is 137 Å². The standard InChI is InChI=1S/C18H15Br2NO4S.C18H17BrN2O4S.C18H15BrN2O3S.C16H14BrNO3S.C9H6BrNO.C7H10O3/c1-25-18(24)9-6-11-13(7-9)26-17(21-14(22)8-19)15(11)16(23)10-4-2-3-5-12(10)20;1-25-18(24)9-6-11-13(7-9)26-17(21-14(22)8-20)15(11)16(23)10-4-2-3-5-12(10)19;1-24-18(23)9-6-11-13(7-9)25-17-15(11)16(20-8-14(22)21-17)10-4-2-3-5-12(10)19;1-21-16(20)8-6-10-12(7-8)22-15(18)13(10)14(19)9-4-2-3-5-11(9)17;10-8-4-2-1-3-7(8)9(12)5-6-11;1-10-7(9)5-2-3-6(8)4-5/h2-5,9H,6-8H2,1H3,(H,21,22);2-5,9H,6-8,20H2,1H3,(H,21,22);2-5,9H,6-8H2,1H3,(H,21,22);2-5,8H,6-7,18H2,1H3;1-4H,5H2;5H,2-4H2,1H3. The van der Waals surface area contributed by atoms with Crippen LogP contribution in [0.3, 0.4) is 0 Å². The van der Waals surface area contributed by atoms with Gasteiger partial charge in [0.15, 0.2) is 23.1 Å². The predicted octanol–water partition coefficient (Wildman–Crippen LogP) is 16.0. The van der Waals surface area contributed by atoms with Crippen molar-refractivity contribution in [2.75, 3.05) is 75.7 Å². The van der Waals surface area contributed by atoms with Crippen molar-refractivity contribution in [1.29, 1.82) is 5.26 Å². The van der Waals surface area contributed by atoms with E-state index in [1.54, 1.807) is 72.0 Å². The van der Waals surface area contributed by atoms with Crippen LogP contribution >= 0.6 is 141 Å². The molecule has 1 fully saturated rings. The van der Waals surface area contributed by atoms with Crippen molar-refractivity contribution in [2.24, 2.45) is 40.3 Å². The molecule has 6 aliphatic rings. The van der Waals surface area contributed by atoms with Gasteiger partial charge in [-0.15, -0.1) is 45.3 Å². The quantitative estimate of drug-likeness (QED) is 0.0230. The number of esters is 5. The number of nitrogens with two attached hydrogens (primary N) is 2. The zero-order valence-electron chi connectivity index (χ0n) is 65.3. The topological polar surface area (TPSA) is 392 Å². The lowest BCUT2D eigenvalue weighted by molar-refractivity contribution is -0.146. The zero-order chi connectivity index (χ0) is 87.6. The number of halogens is 6. The molecule has 15 rings (SSSR count). The summed E-state index contributed by atoms with van der Waals surface area (Å²) in [7, 11) is 6.88. The molecule has 3 amide bonds. The van der Waals surface area contributed by atoms with Gasteiger partial charge in [0.05, 0.1) is 117 Å². The van der Waals surface area contributed by atoms with E-state index >= 15 is 0 Å². The number of carbonyl (C=O) groups excluding carboxylic acids is 13. The Morgan fingerprint density at radius 3 is 1.25 bits per heavy atom. The lowest BCUT2D eigenvalue weighted by Crippen LogP contribution is -2.23. The summed E-state index contributed by atoms with van der Waals surface area (Å²) in [6, 6.07) is 38.3. The molecule has 0 saturated heterocycles. The number of anilines is 4. The third kappa shape index (κ3) is 22.6. The van der Waals surface area contributed by atoms with E-state index < -0.39 is 0 Å². The number of ketones is 5. The lowest BCUT2D eigenvalue weighted by Gasteiger charge is -2.11. The Bertz CT molecular complexity index is 5510. The van der Waals surface area contributed by atoms with Gasteiger partial charge in [0.25, 0.3) is 0 Å². The molecule has 9 aromatic rings. The van der Waals surface area contributed by atoms with Crippen molar-refractivity contribution in [1.82, 2.24) is 0 Å². The number of fused-ring (bicyclic) bond motifs is 6. The van der Waals surface area contributed by atoms with Crippen molar-refractivity contribution in [3.63, 3.8) is 0 Å². The Morgan fingerprint density at radius 1 is 0.479 bits per heavy atom. The highest BCUT2D eigenvalue weighted by atomic mass is 79.9. The molecule has 0 bridgehead atoms. The number of benzene rings is 5. The van der Waals surface area contributed by atoms with Gasteiger partial charge in [0.1, 0.15) is 27.3 Å². The number of nitrogens with zero attached hydrogens (tertiary/aromatic N) is 2. The first-order chi connectivity index (χ1) is 58.0. The van der Waals surface area contributed by atoms with Gasteiger partial charge in [-0.3, -0.25) is 67.3 Å². The highest BCUT2D eigenvalue weighted by Gasteiger charge is 2.41. The molecule has 1 aliphatic heterocycles. The third-order valence-corrected chi connectivity index (χ3v) is 28.7. The van der Waals surface area contributed by atoms with Crippen molar-refractivity contribution in [3.05, 3.63) is 236 Å². The second-order valence-corrected chi connectivity index (χ2v) is 37.0. The minimum Gasteiger partial charge on any atom is -0.469 e. The van der Waals surface area contributed by atoms with Crippen molar-refractivity contribution in [2.45, 2.75) is 77.0 Å². The highest BCUT2D eigenvalue weighted by molar-refractivity contribution is 9.11. The summed E-state index contributed by atoms with van der Waals surface area (Å²) in [6.45, 7) is -0.0801. The zero-order valence-corrected chi connectivity index (χ0v) is 78.1. The van der Waals surface area contributed by atoms with E-state index in [-0.39, 0.29) is 131 Å². The summed E-state index contributed by atoms with van der Waals surface area (Å²) in [6.07, 6.45) is 5.79. The highest BCUT2D eigenvalue weighted by Crippen LogP contribution is 2.48. The van der Waals surface area contributed by atoms with Gasteiger partial charge >= 0.3 is 29.8 Å². The van der Waals surface area contributed by atoms with Gasteiger partial charge in [0, 0.05) is 88.1 Å². The number of nitrogens with one attached hydrogen (secondary N) is 3. The predicted molar refractivity (Wildman–Crippen MR) is 483 cm³/mol. The molecule has 0 spiro atoms. The van der Waals surface area contributed by atoms with Crippen LogP contribution in [-0.2, 0) is 118 Å². The van der Waals surface area contributed by atoms with E-state index in [0.717, 1.165) is 77.0 Å². The molecule has 1 saturated carbocycles. The number of carbonyl (C=O) groups is 13. The summed E-state index contributed by atoms with van der Waals surface area (Å²) in [5.41, 5.74) is 21.4. The summed E-state index contributed by atoms with van der Waals surface area (Å²) in [4.78, 5) is 164. The van der Waals surface area contributed by atoms with E-state index in [9.17, 15) is 62.3 Å². The molecule has 630 valence electrons. The average Bonchev–Trinajstić information content (AvgIpc) is 1.62. The number of hydrogen-bond donors (Lipinski definition) is 5. The molecule has 35 heteroatoms. The SMILES string of the molecule is COC(=O)C1CCC(=O)C1.COC(=O)C1Cc2sc(N)c(C(=O)c3ccccc3Br)c2C1.COC(=O)C1Cc2sc(NC(=O)CBr)c(C(=O)c3ccccc3Br)c2C1.COC(=O)C1Cc2sc(NC(=O)CN)c(C(=O)c3ccccc3Br)c2C1.COC(=O)C1Cc2sc3c(c2C1)C(c1ccccc1Br)=NCC(=O)N3.N#CCC(=O)c1ccccc1Br. The monoisotopic (exact) mass is 2100 g/mol. The van der Waals surface area contributed by atoms with Crippen LogP contribution < -0.4 is 27.4 Å². The normalized spacial score (nSPS) is 16.4. The first-order valence-electron chi connectivity index (χ1n) is 37.2. The second-order valence-electron chi connectivity index (χ2n) is 27.7. The van der Waals surface area contributed by atoms with E-state index in [4.69, 9.17) is 35.7 Å². The molecule has 5 unspecified atom stereocenters. The van der Waals surface area contributed by atoms with Gasteiger partial charge < -0.3 is 51.1 Å². The fourth-order valence-corrected chi connectivity index (χ4v) is 22.0. The number of Topliss-reactive ketones (excluding diaryl/α,β-unsaturated/α-hetero) is 2. The molecule has 121 heavy (non-hydrogen) atoms. The molecule has 5 aromatic carbocycles. The molecule has 5 atom stereocenters. The van der Waals surface area contributed by atoms with Crippen LogP contribution in [0.2, 0.25) is 0 Å². The molecule has 7 N–H and O–H groups in total. The van der Waals surface area contributed by atoms with Crippen molar-refractivity contribution in [3.8, 4) is 6.07 Å². The largest absolute Gasteiger partial charge is 0.469 e. The number of alkyl halides is 1. The van der Waals surface area contributed by atoms with Gasteiger partial charge in [-0.25, -0.2) is 0 Å². The molecule has 5 aliphatic carbocycles. The Hall–Kier alpha value is -9.19. The number of rotatable bonds is 18. The Labute approximate surface area is 762 Å². The summed E-state index contributed by atoms with van der Waals surface area (Å²) < 4.78 is 27.7. The maximum atomic E-state index is 13.2. The smallest absolute Gasteiger partial charge is 0.309 e. The van der Waals surface area contributed by atoms with E-state index in [1.807, 2.05) is 66.7 Å². The van der Waals surface area contributed by atoms with E-state index in [0.29, 0.717) is 134 Å². The van der Waals surface area contributed by atoms with Crippen LogP contribution in [0.25, 0.3) is 0 Å². The Kier molecular flexibility index (Phi) is 34.0. The minimum atomic E-state index is -0.365.